The van der Waals surface area contributed by atoms with Crippen molar-refractivity contribution in [2.75, 3.05) is 13.1 Å². The van der Waals surface area contributed by atoms with Gasteiger partial charge in [0.1, 0.15) is 5.75 Å². The molecule has 0 saturated carbocycles. The molecular weight excluding hydrogens is 348 g/mol. The number of amides is 1. The number of hydrogen-bond donors (Lipinski definition) is 2. The van der Waals surface area contributed by atoms with Crippen molar-refractivity contribution in [1.29, 1.82) is 0 Å². The van der Waals surface area contributed by atoms with Crippen molar-refractivity contribution in [3.05, 3.63) is 65.7 Å². The lowest BCUT2D eigenvalue weighted by atomic mass is 10.0. The summed E-state index contributed by atoms with van der Waals surface area (Å²) in [6.45, 7) is 3.98. The third kappa shape index (κ3) is 5.23. The van der Waals surface area contributed by atoms with Crippen molar-refractivity contribution < 1.29 is 9.53 Å². The van der Waals surface area contributed by atoms with Crippen LogP contribution in [0.3, 0.4) is 0 Å². The van der Waals surface area contributed by atoms with Crippen LogP contribution in [0.1, 0.15) is 37.0 Å². The number of aryl methyl sites for hydroxylation is 1. The zero-order valence-electron chi connectivity index (χ0n) is 15.1. The lowest BCUT2D eigenvalue weighted by Crippen LogP contribution is -2.45. The Morgan fingerprint density at radius 3 is 2.46 bits per heavy atom. The summed E-state index contributed by atoms with van der Waals surface area (Å²) in [5, 5.41) is 6.49. The second-order valence-corrected chi connectivity index (χ2v) is 6.40. The number of ether oxygens (including phenoxy) is 1. The van der Waals surface area contributed by atoms with Gasteiger partial charge in [-0.15, -0.1) is 12.4 Å². The second-order valence-electron chi connectivity index (χ2n) is 6.40. The van der Waals surface area contributed by atoms with E-state index in [9.17, 15) is 4.79 Å². The monoisotopic (exact) mass is 374 g/mol. The largest absolute Gasteiger partial charge is 0.476 e. The maximum Gasteiger partial charge on any atom is 0.266 e. The Bertz CT molecular complexity index is 687. The highest BCUT2D eigenvalue weighted by Crippen LogP contribution is 2.26. The van der Waals surface area contributed by atoms with Crippen molar-refractivity contribution in [3.63, 3.8) is 0 Å². The Balaban J connectivity index is 0.00000243. The normalized spacial score (nSPS) is 15.6. The summed E-state index contributed by atoms with van der Waals surface area (Å²) in [7, 11) is 0. The molecule has 0 spiro atoms. The number of nitrogens with one attached hydrogen (secondary N) is 2. The lowest BCUT2D eigenvalue weighted by Gasteiger charge is -2.27. The summed E-state index contributed by atoms with van der Waals surface area (Å²) < 4.78 is 6.20. The molecule has 26 heavy (non-hydrogen) atoms. The van der Waals surface area contributed by atoms with Crippen molar-refractivity contribution in [2.45, 2.75) is 38.3 Å². The maximum absolute atomic E-state index is 13.0. The van der Waals surface area contributed by atoms with Gasteiger partial charge in [0.25, 0.3) is 5.91 Å². The molecular formula is C21H27ClN2O2. The minimum absolute atomic E-state index is 0. The molecule has 5 heteroatoms. The smallest absolute Gasteiger partial charge is 0.266 e. The SMILES string of the molecule is CCc1ccccc1OC(C(=O)NC1CCNCC1)c1ccccc1.Cl. The number of halogens is 1. The molecule has 1 aliphatic heterocycles. The minimum Gasteiger partial charge on any atom is -0.476 e. The van der Waals surface area contributed by atoms with Crippen LogP contribution in [0.15, 0.2) is 54.6 Å². The number of piperidine rings is 1. The average Bonchev–Trinajstić information content (AvgIpc) is 2.67. The quantitative estimate of drug-likeness (QED) is 0.811. The van der Waals surface area contributed by atoms with Gasteiger partial charge in [0.2, 0.25) is 6.10 Å². The van der Waals surface area contributed by atoms with Gasteiger partial charge in [0.05, 0.1) is 0 Å². The zero-order chi connectivity index (χ0) is 17.5. The van der Waals surface area contributed by atoms with E-state index < -0.39 is 6.10 Å². The van der Waals surface area contributed by atoms with Gasteiger partial charge in [-0.05, 0) is 44.0 Å². The van der Waals surface area contributed by atoms with E-state index in [-0.39, 0.29) is 24.4 Å². The van der Waals surface area contributed by atoms with E-state index in [1.54, 1.807) is 0 Å². The predicted molar refractivity (Wildman–Crippen MR) is 107 cm³/mol. The first-order chi connectivity index (χ1) is 12.3. The molecule has 0 aliphatic carbocycles. The molecule has 4 nitrogen and oxygen atoms in total. The molecule has 0 radical (unpaired) electrons. The summed E-state index contributed by atoms with van der Waals surface area (Å²) >= 11 is 0. The van der Waals surface area contributed by atoms with E-state index in [2.05, 4.69) is 17.6 Å². The molecule has 2 aromatic rings. The van der Waals surface area contributed by atoms with Crippen molar-refractivity contribution in [1.82, 2.24) is 10.6 Å². The van der Waals surface area contributed by atoms with Gasteiger partial charge >= 0.3 is 0 Å². The fourth-order valence-electron chi connectivity index (χ4n) is 3.18. The Morgan fingerprint density at radius 1 is 1.12 bits per heavy atom. The van der Waals surface area contributed by atoms with Crippen LogP contribution in [0.4, 0.5) is 0 Å². The molecule has 0 aromatic heterocycles. The van der Waals surface area contributed by atoms with Crippen molar-refractivity contribution in [3.8, 4) is 5.75 Å². The van der Waals surface area contributed by atoms with E-state index in [1.807, 2.05) is 54.6 Å². The molecule has 2 N–H and O–H groups in total. The highest BCUT2D eigenvalue weighted by molar-refractivity contribution is 5.85. The van der Waals surface area contributed by atoms with Crippen LogP contribution in [0.25, 0.3) is 0 Å². The van der Waals surface area contributed by atoms with Gasteiger partial charge in [-0.2, -0.15) is 0 Å². The number of rotatable bonds is 6. The molecule has 1 saturated heterocycles. The Kier molecular flexibility index (Phi) is 7.95. The second kappa shape index (κ2) is 10.2. The van der Waals surface area contributed by atoms with Crippen LogP contribution in [-0.2, 0) is 11.2 Å². The predicted octanol–water partition coefficient (Wildman–Crippen LogP) is 3.66. The molecule has 3 rings (SSSR count). The molecule has 1 heterocycles. The van der Waals surface area contributed by atoms with Crippen molar-refractivity contribution >= 4 is 18.3 Å². The number of carbonyl (C=O) groups excluding carboxylic acids is 1. The van der Waals surface area contributed by atoms with E-state index in [0.717, 1.165) is 49.2 Å². The van der Waals surface area contributed by atoms with Crippen LogP contribution >= 0.6 is 12.4 Å². The number of hydrogen-bond acceptors (Lipinski definition) is 3. The van der Waals surface area contributed by atoms with Crippen LogP contribution in [0.5, 0.6) is 5.75 Å². The van der Waals surface area contributed by atoms with E-state index in [0.29, 0.717) is 0 Å². The van der Waals surface area contributed by atoms with Crippen LogP contribution in [-0.4, -0.2) is 25.0 Å². The molecule has 1 fully saturated rings. The molecule has 2 aromatic carbocycles. The molecule has 1 aliphatic rings. The standard InChI is InChI=1S/C21H26N2O2.ClH/c1-2-16-8-6-7-11-19(16)25-20(17-9-4-3-5-10-17)21(24)23-18-12-14-22-15-13-18;/h3-11,18,20,22H,2,12-15H2,1H3,(H,23,24);1H. The van der Waals surface area contributed by atoms with Crippen LogP contribution in [0, 0.1) is 0 Å². The summed E-state index contributed by atoms with van der Waals surface area (Å²) in [6.07, 6.45) is 2.15. The highest BCUT2D eigenvalue weighted by atomic mass is 35.5. The average molecular weight is 375 g/mol. The van der Waals surface area contributed by atoms with Crippen molar-refractivity contribution in [2.24, 2.45) is 0 Å². The first-order valence-electron chi connectivity index (χ1n) is 9.08. The number of para-hydroxylation sites is 1. The van der Waals surface area contributed by atoms with E-state index in [4.69, 9.17) is 4.74 Å². The lowest BCUT2D eigenvalue weighted by molar-refractivity contribution is -0.129. The summed E-state index contributed by atoms with van der Waals surface area (Å²) in [5.41, 5.74) is 1.98. The topological polar surface area (TPSA) is 50.4 Å². The number of carbonyl (C=O) groups is 1. The van der Waals surface area contributed by atoms with Gasteiger partial charge in [-0.1, -0.05) is 55.5 Å². The molecule has 140 valence electrons. The first kappa shape index (κ1) is 20.3. The van der Waals surface area contributed by atoms with E-state index in [1.165, 1.54) is 0 Å². The van der Waals surface area contributed by atoms with Crippen LogP contribution < -0.4 is 15.4 Å². The Morgan fingerprint density at radius 2 is 1.77 bits per heavy atom. The summed E-state index contributed by atoms with van der Waals surface area (Å²) in [4.78, 5) is 13.0. The van der Waals surface area contributed by atoms with Gasteiger partial charge < -0.3 is 15.4 Å². The Hall–Kier alpha value is -2.04. The molecule has 1 amide bonds. The molecule has 1 atom stereocenters. The van der Waals surface area contributed by atoms with Gasteiger partial charge in [-0.3, -0.25) is 4.79 Å². The first-order valence-corrected chi connectivity index (χ1v) is 9.08. The fourth-order valence-corrected chi connectivity index (χ4v) is 3.18. The Labute approximate surface area is 161 Å². The van der Waals surface area contributed by atoms with Gasteiger partial charge in [0.15, 0.2) is 0 Å². The molecule has 1 unspecified atom stereocenters. The summed E-state index contributed by atoms with van der Waals surface area (Å²) in [5.74, 6) is 0.711. The summed E-state index contributed by atoms with van der Waals surface area (Å²) in [6, 6.07) is 17.9. The highest BCUT2D eigenvalue weighted by Gasteiger charge is 2.26. The van der Waals surface area contributed by atoms with Gasteiger partial charge in [0, 0.05) is 11.6 Å². The molecule has 0 bridgehead atoms. The third-order valence-electron chi connectivity index (χ3n) is 4.62. The zero-order valence-corrected chi connectivity index (χ0v) is 15.9. The van der Waals surface area contributed by atoms with E-state index >= 15 is 0 Å². The van der Waals surface area contributed by atoms with Gasteiger partial charge in [-0.25, -0.2) is 0 Å². The fraction of sp³-hybridized carbons (Fsp3) is 0.381. The maximum atomic E-state index is 13.0. The number of benzene rings is 2. The third-order valence-corrected chi connectivity index (χ3v) is 4.62. The van der Waals surface area contributed by atoms with Crippen LogP contribution in [0.2, 0.25) is 0 Å². The minimum atomic E-state index is -0.635.